The lowest BCUT2D eigenvalue weighted by Gasteiger charge is -2.43. The number of ether oxygens (including phenoxy) is 4. The number of rotatable bonds is 21. The number of hydrogen-bond donors (Lipinski definition) is 3. The average molecular weight is 1480 g/mol. The molecule has 2 atom stereocenters. The summed E-state index contributed by atoms with van der Waals surface area (Å²) in [5.74, 6) is -3.25. The van der Waals surface area contributed by atoms with E-state index in [0.29, 0.717) is 50.0 Å². The second kappa shape index (κ2) is 31.7. The molecule has 12 rings (SSSR count). The van der Waals surface area contributed by atoms with E-state index in [-0.39, 0.29) is 80.8 Å². The lowest BCUT2D eigenvalue weighted by Crippen LogP contribution is -2.55. The van der Waals surface area contributed by atoms with Gasteiger partial charge in [-0.3, -0.25) is 58.8 Å². The largest absolute Gasteiger partial charge is 0.494 e. The van der Waals surface area contributed by atoms with Crippen LogP contribution >= 0.6 is 43.5 Å². The van der Waals surface area contributed by atoms with Gasteiger partial charge < -0.3 is 39.0 Å². The van der Waals surface area contributed by atoms with Crippen LogP contribution in [0.1, 0.15) is 142 Å². The number of amides is 8. The summed E-state index contributed by atoms with van der Waals surface area (Å²) < 4.78 is 101. The zero-order valence-corrected chi connectivity index (χ0v) is 55.5. The molecule has 2 aromatic carbocycles. The summed E-state index contributed by atoms with van der Waals surface area (Å²) >= 11 is 11.2. The SMILES string of the molecule is FC(F)(F)c1cc(Br)cnc1Cl.O=C1CCC(N2C(=O)c3ccc(OCCCCCN4CCC(OC5CN(c6ncc(Br)cc6C(F)(F)F)C5)CC4)cc3C2=O)C(=O)N1.O=C1CCC(N2C(=O)c3ccc(OCCCCCN4CCC(OC5CNC5)CC4)cc3C2=O)C(=O)N1. The van der Waals surface area contributed by atoms with Crippen LogP contribution in [0.25, 0.3) is 0 Å². The quantitative estimate of drug-likeness (QED) is 0.0305. The first-order chi connectivity index (χ1) is 45.4. The summed E-state index contributed by atoms with van der Waals surface area (Å²) in [6.45, 7) is 9.78. The number of aromatic nitrogens is 2. The summed E-state index contributed by atoms with van der Waals surface area (Å²) in [5, 5.41) is 7.10. The molecule has 0 radical (unpaired) electrons. The van der Waals surface area contributed by atoms with Gasteiger partial charge in [0.2, 0.25) is 23.6 Å². The molecule has 0 aliphatic carbocycles. The first-order valence-electron chi connectivity index (χ1n) is 31.7. The number of imide groups is 4. The molecule has 8 aliphatic rings. The Morgan fingerprint density at radius 3 is 1.37 bits per heavy atom. The Hall–Kier alpha value is -6.67. The molecule has 3 N–H and O–H groups in total. The fourth-order valence-electron chi connectivity index (χ4n) is 12.3. The summed E-state index contributed by atoms with van der Waals surface area (Å²) in [7, 11) is 0. The number of pyridine rings is 2. The van der Waals surface area contributed by atoms with Crippen LogP contribution in [0.4, 0.5) is 32.2 Å². The van der Waals surface area contributed by atoms with Crippen molar-refractivity contribution < 1.29 is 83.6 Å². The maximum absolute atomic E-state index is 13.4. The standard InChI is InChI=1S/C32H35BrF3N5O6.C26H34N4O6.C6H2BrClF3N/c33-19-14-25(32(34,35)36)28(37-16-19)40-17-22(18-40)47-20-8-11-39(12-9-20)10-2-1-3-13-46-21-4-5-23-24(15-21)31(45)41(30(23)44)26-6-7-27(42)38-29(26)43;31-23-7-6-22(24(32)28-23)30-25(33)20-5-4-18(14-21(20)26(30)34)35-13-3-1-2-10-29-11-8-17(9-12-29)36-19-15-27-16-19;7-3-1-4(6(9,10)11)5(8)12-2-3/h4-5,14-16,20,22,26H,1-3,6-13,17-18H2,(H,38,42,43);4-5,14,17,19,22,27H,1-3,6-13,15-16H2,(H,28,31,32);1-2H. The highest BCUT2D eigenvalue weighted by atomic mass is 79.9. The number of alkyl halides is 6. The van der Waals surface area contributed by atoms with Gasteiger partial charge in [-0.15, -0.1) is 0 Å². The normalized spacial score (nSPS) is 20.9. The first kappa shape index (κ1) is 71.1. The molecule has 8 amide bonds. The molecule has 8 aliphatic heterocycles. The zero-order chi connectivity index (χ0) is 67.7. The fourth-order valence-corrected chi connectivity index (χ4v) is 13.2. The number of carbonyl (C=O) groups is 8. The Bertz CT molecular complexity index is 3510. The van der Waals surface area contributed by atoms with Crippen molar-refractivity contribution in [1.82, 2.24) is 45.5 Å². The molecule has 2 unspecified atom stereocenters. The molecule has 6 fully saturated rings. The number of halogens is 9. The van der Waals surface area contributed by atoms with Gasteiger partial charge in [0, 0.05) is 86.5 Å². The van der Waals surface area contributed by atoms with E-state index in [2.05, 4.69) is 67.6 Å². The van der Waals surface area contributed by atoms with E-state index in [0.717, 1.165) is 138 Å². The third-order valence-corrected chi connectivity index (χ3v) is 18.7. The number of likely N-dealkylation sites (tertiary alicyclic amines) is 2. The van der Waals surface area contributed by atoms with Crippen molar-refractivity contribution in [2.75, 3.05) is 83.6 Å². The minimum Gasteiger partial charge on any atom is -0.494 e. The van der Waals surface area contributed by atoms with E-state index >= 15 is 0 Å². The van der Waals surface area contributed by atoms with Crippen molar-refractivity contribution in [2.24, 2.45) is 0 Å². The second-order valence-electron chi connectivity index (χ2n) is 24.3. The van der Waals surface area contributed by atoms with Crippen molar-refractivity contribution in [3.63, 3.8) is 0 Å². The minimum absolute atomic E-state index is 0.0574. The third-order valence-electron chi connectivity index (χ3n) is 17.6. The van der Waals surface area contributed by atoms with Crippen LogP contribution in [0.3, 0.4) is 0 Å². The maximum atomic E-state index is 13.4. The van der Waals surface area contributed by atoms with Crippen LogP contribution in [0.15, 0.2) is 69.9 Å². The Kier molecular flexibility index (Phi) is 23.7. The van der Waals surface area contributed by atoms with E-state index in [1.807, 2.05) is 0 Å². The second-order valence-corrected chi connectivity index (χ2v) is 26.5. The summed E-state index contributed by atoms with van der Waals surface area (Å²) in [4.78, 5) is 115. The molecule has 4 aromatic rings. The van der Waals surface area contributed by atoms with Gasteiger partial charge in [-0.05, 0) is 171 Å². The van der Waals surface area contributed by atoms with Crippen molar-refractivity contribution in [3.8, 4) is 11.5 Å². The molecule has 2 aromatic heterocycles. The van der Waals surface area contributed by atoms with Gasteiger partial charge in [0.25, 0.3) is 23.6 Å². The minimum atomic E-state index is -4.48. The van der Waals surface area contributed by atoms with Gasteiger partial charge in [-0.1, -0.05) is 11.6 Å². The van der Waals surface area contributed by atoms with Crippen molar-refractivity contribution in [2.45, 2.75) is 139 Å². The Morgan fingerprint density at radius 1 is 0.516 bits per heavy atom. The summed E-state index contributed by atoms with van der Waals surface area (Å²) in [6, 6.07) is 9.53. The Balaban J connectivity index is 0.000000180. The van der Waals surface area contributed by atoms with Gasteiger partial charge in [-0.2, -0.15) is 26.3 Å². The Morgan fingerprint density at radius 2 is 0.947 bits per heavy atom. The highest BCUT2D eigenvalue weighted by molar-refractivity contribution is 9.10. The predicted octanol–water partition coefficient (Wildman–Crippen LogP) is 8.79. The van der Waals surface area contributed by atoms with E-state index in [4.69, 9.17) is 30.5 Å². The van der Waals surface area contributed by atoms with Gasteiger partial charge in [0.05, 0.1) is 71.0 Å². The number of fused-ring (bicyclic) bond motifs is 2. The highest BCUT2D eigenvalue weighted by Gasteiger charge is 2.47. The summed E-state index contributed by atoms with van der Waals surface area (Å²) in [6.07, 6.45) is 4.68. The molecule has 0 spiro atoms. The number of nitrogens with one attached hydrogen (secondary N) is 3. The number of benzene rings is 2. The highest BCUT2D eigenvalue weighted by Crippen LogP contribution is 2.40. The molecule has 31 heteroatoms. The van der Waals surface area contributed by atoms with E-state index < -0.39 is 82.1 Å². The lowest BCUT2D eigenvalue weighted by atomic mass is 10.0. The summed E-state index contributed by atoms with van der Waals surface area (Å²) in [5.41, 5.74) is -0.773. The zero-order valence-electron chi connectivity index (χ0n) is 51.6. The van der Waals surface area contributed by atoms with Crippen LogP contribution in [-0.4, -0.2) is 192 Å². The molecule has 512 valence electrons. The predicted molar refractivity (Wildman–Crippen MR) is 338 cm³/mol. The van der Waals surface area contributed by atoms with E-state index in [1.54, 1.807) is 29.2 Å². The molecule has 0 bridgehead atoms. The van der Waals surface area contributed by atoms with Gasteiger partial charge in [0.15, 0.2) is 0 Å². The molecule has 22 nitrogen and oxygen atoms in total. The van der Waals surface area contributed by atoms with Gasteiger partial charge in [-0.25, -0.2) is 9.97 Å². The maximum Gasteiger partial charge on any atom is 0.419 e. The topological polar surface area (TPSA) is 252 Å². The number of piperidine rings is 4. The number of hydrogen-bond acceptors (Lipinski definition) is 18. The van der Waals surface area contributed by atoms with Crippen molar-refractivity contribution >= 4 is 96.5 Å². The van der Waals surface area contributed by atoms with E-state index in [9.17, 15) is 64.7 Å². The number of carbonyl (C=O) groups excluding carboxylic acids is 8. The van der Waals surface area contributed by atoms with Crippen LogP contribution in [0.5, 0.6) is 11.5 Å². The lowest BCUT2D eigenvalue weighted by molar-refractivity contribution is -0.138. The van der Waals surface area contributed by atoms with Crippen LogP contribution in [0.2, 0.25) is 5.15 Å². The first-order valence-corrected chi connectivity index (χ1v) is 33.6. The average Bonchev–Trinajstić information content (AvgIpc) is 1.67. The molecular formula is C64H71Br2ClF6N10O12. The third kappa shape index (κ3) is 18.1. The van der Waals surface area contributed by atoms with Crippen molar-refractivity contribution in [3.05, 3.63) is 108 Å². The number of anilines is 1. The number of unbranched alkanes of at least 4 members (excludes halogenated alkanes) is 4. The molecular weight excluding hydrogens is 1410 g/mol. The van der Waals surface area contributed by atoms with Crippen molar-refractivity contribution in [1.29, 1.82) is 0 Å². The Labute approximate surface area is 565 Å². The van der Waals surface area contributed by atoms with E-state index in [1.165, 1.54) is 24.5 Å². The molecule has 10 heterocycles. The van der Waals surface area contributed by atoms with Crippen LogP contribution in [-0.2, 0) is 41.0 Å². The smallest absolute Gasteiger partial charge is 0.419 e. The number of nitrogens with zero attached hydrogens (tertiary/aromatic N) is 7. The monoisotopic (exact) mass is 1480 g/mol. The fraction of sp³-hybridized carbons (Fsp3) is 0.531. The van der Waals surface area contributed by atoms with Crippen LogP contribution in [0, 0.1) is 0 Å². The molecule has 6 saturated heterocycles. The van der Waals surface area contributed by atoms with Crippen LogP contribution < -0.4 is 30.3 Å². The molecule has 95 heavy (non-hydrogen) atoms. The van der Waals surface area contributed by atoms with Gasteiger partial charge >= 0.3 is 12.4 Å². The molecule has 0 saturated carbocycles. The van der Waals surface area contributed by atoms with Gasteiger partial charge in [0.1, 0.15) is 34.6 Å².